The molecule has 3 heteroatoms. The molecule has 4 aromatic carbocycles. The van der Waals surface area contributed by atoms with E-state index in [1.165, 1.54) is 33.4 Å². The van der Waals surface area contributed by atoms with E-state index in [1.807, 2.05) is 0 Å². The third kappa shape index (κ3) is 9.14. The molecule has 3 N–H and O–H groups in total. The van der Waals surface area contributed by atoms with Gasteiger partial charge in [0.1, 0.15) is 17.2 Å². The number of benzene rings is 4. The van der Waals surface area contributed by atoms with Gasteiger partial charge in [-0.3, -0.25) is 0 Å². The zero-order chi connectivity index (χ0) is 46.4. The normalized spacial score (nSPS) is 18.6. The Morgan fingerprint density at radius 2 is 0.770 bits per heavy atom. The smallest absolute Gasteiger partial charge is 0.123 e. The summed E-state index contributed by atoms with van der Waals surface area (Å²) in [6.45, 7) is 46.6. The number of phenols is 3. The molecule has 4 aromatic rings. The molecule has 5 rings (SSSR count). The van der Waals surface area contributed by atoms with Crippen molar-refractivity contribution >= 4 is 11.1 Å². The lowest BCUT2D eigenvalue weighted by atomic mass is 9.55. The summed E-state index contributed by atoms with van der Waals surface area (Å²) in [6, 6.07) is 24.5. The fourth-order valence-electron chi connectivity index (χ4n) is 10.2. The molecule has 61 heavy (non-hydrogen) atoms. The van der Waals surface area contributed by atoms with Crippen molar-refractivity contribution in [3.63, 3.8) is 0 Å². The second-order valence-corrected chi connectivity index (χ2v) is 24.9. The summed E-state index contributed by atoms with van der Waals surface area (Å²) in [7, 11) is 0. The minimum absolute atomic E-state index is 0.126. The first-order valence-corrected chi connectivity index (χ1v) is 22.6. The highest BCUT2D eigenvalue weighted by Gasteiger charge is 2.47. The molecule has 0 aromatic heterocycles. The van der Waals surface area contributed by atoms with Crippen LogP contribution in [0.15, 0.2) is 77.9 Å². The molecule has 2 unspecified atom stereocenters. The molecular weight excluding hydrogens is 745 g/mol. The van der Waals surface area contributed by atoms with E-state index in [-0.39, 0.29) is 38.4 Å². The average molecular weight is 825 g/mol. The van der Waals surface area contributed by atoms with Crippen LogP contribution in [0.25, 0.3) is 11.1 Å². The Bertz CT molecular complexity index is 2270. The molecule has 0 radical (unpaired) electrons. The van der Waals surface area contributed by atoms with Crippen molar-refractivity contribution in [1.82, 2.24) is 0 Å². The minimum atomic E-state index is -0.502. The van der Waals surface area contributed by atoms with Gasteiger partial charge in [-0.15, -0.1) is 0 Å². The largest absolute Gasteiger partial charge is 0.507 e. The van der Waals surface area contributed by atoms with Gasteiger partial charge in [-0.05, 0) is 127 Å². The van der Waals surface area contributed by atoms with E-state index in [1.54, 1.807) is 0 Å². The van der Waals surface area contributed by atoms with Gasteiger partial charge in [0.25, 0.3) is 0 Å². The van der Waals surface area contributed by atoms with Gasteiger partial charge < -0.3 is 15.3 Å². The molecule has 0 aliphatic heterocycles. The first-order valence-electron chi connectivity index (χ1n) is 22.6. The third-order valence-electron chi connectivity index (χ3n) is 13.3. The minimum Gasteiger partial charge on any atom is -0.507 e. The Kier molecular flexibility index (Phi) is 12.2. The van der Waals surface area contributed by atoms with Gasteiger partial charge in [-0.2, -0.15) is 0 Å². The van der Waals surface area contributed by atoms with Gasteiger partial charge in [0.15, 0.2) is 0 Å². The van der Waals surface area contributed by atoms with Crippen LogP contribution in [0, 0.1) is 5.41 Å². The van der Waals surface area contributed by atoms with E-state index < -0.39 is 5.41 Å². The Balaban J connectivity index is 2.13. The zero-order valence-electron chi connectivity index (χ0n) is 42.0. The first kappa shape index (κ1) is 47.8. The Morgan fingerprint density at radius 1 is 0.459 bits per heavy atom. The lowest BCUT2D eigenvalue weighted by Gasteiger charge is -2.48. The number of hydrogen-bond donors (Lipinski definition) is 3. The maximum absolute atomic E-state index is 12.1. The van der Waals surface area contributed by atoms with Crippen molar-refractivity contribution in [2.75, 3.05) is 0 Å². The van der Waals surface area contributed by atoms with E-state index in [2.05, 4.69) is 212 Å². The second-order valence-electron chi connectivity index (χ2n) is 24.9. The standard InChI is InChI=1S/C58H80O3/c1-34-46(37-27-40(52(3,4)5)49(59)41(28-37)53(6,7)8)35(2)48(39-31-44(56(15,16)17)51(61)45(32-39)57(18,19)20)58(21,33-36-25-23-22-24-26-36)47(34)38-29-42(54(9,10)11)50(60)43(30-38)55(12,13)14/h22-32,47,59-61H,33H2,1-21H3. The summed E-state index contributed by atoms with van der Waals surface area (Å²) >= 11 is 0. The van der Waals surface area contributed by atoms with E-state index >= 15 is 0 Å². The average Bonchev–Trinajstić information content (AvgIpc) is 3.07. The van der Waals surface area contributed by atoms with Crippen molar-refractivity contribution in [2.24, 2.45) is 5.41 Å². The number of rotatable bonds is 5. The molecule has 0 spiro atoms. The number of allylic oxidation sites excluding steroid dienone is 4. The summed E-state index contributed by atoms with van der Waals surface area (Å²) in [5, 5.41) is 36.3. The van der Waals surface area contributed by atoms with Crippen molar-refractivity contribution in [1.29, 1.82) is 0 Å². The summed E-state index contributed by atoms with van der Waals surface area (Å²) < 4.78 is 0. The van der Waals surface area contributed by atoms with Crippen LogP contribution in [0.3, 0.4) is 0 Å². The number of aromatic hydroxyl groups is 3. The fourth-order valence-corrected chi connectivity index (χ4v) is 10.2. The fraction of sp³-hybridized carbons (Fsp3) is 0.517. The Hall–Kier alpha value is -4.24. The van der Waals surface area contributed by atoms with Crippen LogP contribution in [0.5, 0.6) is 17.2 Å². The molecule has 0 heterocycles. The molecular formula is C58H80O3. The highest BCUT2D eigenvalue weighted by Crippen LogP contribution is 2.61. The van der Waals surface area contributed by atoms with Crippen molar-refractivity contribution < 1.29 is 15.3 Å². The van der Waals surface area contributed by atoms with Gasteiger partial charge in [0, 0.05) is 33.6 Å². The van der Waals surface area contributed by atoms with E-state index in [4.69, 9.17) is 0 Å². The predicted octanol–water partition coefficient (Wildman–Crippen LogP) is 15.9. The summed E-state index contributed by atoms with van der Waals surface area (Å²) in [5.74, 6) is 0.998. The molecule has 0 amide bonds. The van der Waals surface area contributed by atoms with Gasteiger partial charge in [0.2, 0.25) is 0 Å². The van der Waals surface area contributed by atoms with Gasteiger partial charge in [-0.1, -0.05) is 180 Å². The van der Waals surface area contributed by atoms with Crippen LogP contribution in [-0.4, -0.2) is 15.3 Å². The number of hydrogen-bond acceptors (Lipinski definition) is 3. The van der Waals surface area contributed by atoms with Crippen molar-refractivity contribution in [3.05, 3.63) is 134 Å². The highest BCUT2D eigenvalue weighted by atomic mass is 16.3. The van der Waals surface area contributed by atoms with Gasteiger partial charge >= 0.3 is 0 Å². The van der Waals surface area contributed by atoms with Crippen LogP contribution in [0.2, 0.25) is 0 Å². The summed E-state index contributed by atoms with van der Waals surface area (Å²) in [5.41, 5.74) is 12.8. The third-order valence-corrected chi connectivity index (χ3v) is 13.3. The van der Waals surface area contributed by atoms with E-state index in [0.29, 0.717) is 17.2 Å². The first-order chi connectivity index (χ1) is 27.5. The van der Waals surface area contributed by atoms with Crippen LogP contribution in [-0.2, 0) is 38.9 Å². The molecule has 1 aliphatic carbocycles. The molecule has 3 nitrogen and oxygen atoms in total. The summed E-state index contributed by atoms with van der Waals surface area (Å²) in [6.07, 6.45) is 0.763. The maximum Gasteiger partial charge on any atom is 0.123 e. The molecule has 2 atom stereocenters. The van der Waals surface area contributed by atoms with E-state index in [9.17, 15) is 15.3 Å². The van der Waals surface area contributed by atoms with Crippen molar-refractivity contribution in [3.8, 4) is 17.2 Å². The molecule has 330 valence electrons. The number of phenolic OH excluding ortho intramolecular Hbond substituents is 3. The quantitative estimate of drug-likeness (QED) is 0.188. The molecule has 0 fully saturated rings. The molecule has 0 bridgehead atoms. The predicted molar refractivity (Wildman–Crippen MR) is 263 cm³/mol. The molecule has 0 saturated carbocycles. The lowest BCUT2D eigenvalue weighted by molar-refractivity contribution is 0.373. The van der Waals surface area contributed by atoms with Crippen LogP contribution >= 0.6 is 0 Å². The van der Waals surface area contributed by atoms with Crippen LogP contribution < -0.4 is 0 Å². The summed E-state index contributed by atoms with van der Waals surface area (Å²) in [4.78, 5) is 0. The van der Waals surface area contributed by atoms with Gasteiger partial charge in [0.05, 0.1) is 0 Å². The van der Waals surface area contributed by atoms with E-state index in [0.717, 1.165) is 50.9 Å². The Morgan fingerprint density at radius 3 is 1.10 bits per heavy atom. The van der Waals surface area contributed by atoms with Crippen LogP contribution in [0.4, 0.5) is 0 Å². The molecule has 0 saturated heterocycles. The molecule has 1 aliphatic rings. The van der Waals surface area contributed by atoms with Gasteiger partial charge in [-0.25, -0.2) is 0 Å². The topological polar surface area (TPSA) is 60.7 Å². The second kappa shape index (κ2) is 15.5. The highest BCUT2D eigenvalue weighted by molar-refractivity contribution is 5.96. The maximum atomic E-state index is 12.1. The monoisotopic (exact) mass is 825 g/mol. The zero-order valence-corrected chi connectivity index (χ0v) is 42.0. The lowest BCUT2D eigenvalue weighted by Crippen LogP contribution is -2.35. The van der Waals surface area contributed by atoms with Crippen LogP contribution in [0.1, 0.15) is 207 Å². The van der Waals surface area contributed by atoms with Crippen molar-refractivity contribution in [2.45, 2.75) is 190 Å². The Labute approximate surface area is 371 Å². The SMILES string of the molecule is CC1=C(c2cc(C(C)(C)C)c(O)c(C(C)(C)C)c2)C(C)(Cc2ccccc2)C(c2cc(C(C)(C)C)c(O)c(C(C)(C)C)c2)C(C)=C1c1cc(C(C)(C)C)c(O)c(C(C)(C)C)c1.